The van der Waals surface area contributed by atoms with E-state index in [0.29, 0.717) is 23.7 Å². The van der Waals surface area contributed by atoms with Gasteiger partial charge in [0.15, 0.2) is 11.5 Å². The zero-order chi connectivity index (χ0) is 26.5. The van der Waals surface area contributed by atoms with E-state index in [-0.39, 0.29) is 15.6 Å². The molecule has 1 saturated heterocycles. The summed E-state index contributed by atoms with van der Waals surface area (Å²) in [6.45, 7) is 1.88. The molecule has 3 aromatic rings. The third kappa shape index (κ3) is 6.49. The second kappa shape index (κ2) is 11.5. The Labute approximate surface area is 222 Å². The largest absolute Gasteiger partial charge is 0.493 e. The summed E-state index contributed by atoms with van der Waals surface area (Å²) >= 11 is 6.45. The van der Waals surface area contributed by atoms with Crippen molar-refractivity contribution in [2.45, 2.75) is 13.5 Å². The van der Waals surface area contributed by atoms with Gasteiger partial charge in [-0.05, 0) is 66.2 Å². The van der Waals surface area contributed by atoms with Crippen molar-refractivity contribution in [2.75, 3.05) is 19.0 Å². The highest BCUT2D eigenvalue weighted by atomic mass is 35.5. The first-order valence-corrected chi connectivity index (χ1v) is 12.3. The van der Waals surface area contributed by atoms with Crippen LogP contribution in [-0.2, 0) is 16.2 Å². The molecule has 0 atom stereocenters. The van der Waals surface area contributed by atoms with E-state index in [1.165, 1.54) is 19.2 Å². The van der Waals surface area contributed by atoms with Gasteiger partial charge < -0.3 is 14.8 Å². The fourth-order valence-electron chi connectivity index (χ4n) is 3.56. The van der Waals surface area contributed by atoms with Gasteiger partial charge in [0, 0.05) is 5.69 Å². The summed E-state index contributed by atoms with van der Waals surface area (Å²) in [5.74, 6) is -0.841. The Morgan fingerprint density at radius 1 is 1.11 bits per heavy atom. The van der Waals surface area contributed by atoms with Crippen molar-refractivity contribution in [3.63, 3.8) is 0 Å². The third-order valence-electron chi connectivity index (χ3n) is 5.34. The highest BCUT2D eigenvalue weighted by Gasteiger charge is 2.36. The summed E-state index contributed by atoms with van der Waals surface area (Å²) in [5.41, 5.74) is 3.02. The molecule has 0 bridgehead atoms. The number of hydrogen-bond acceptors (Lipinski definition) is 6. The number of amides is 3. The number of nitrogens with one attached hydrogen (secondary N) is 1. The summed E-state index contributed by atoms with van der Waals surface area (Å²) in [4.78, 5) is 38.6. The Morgan fingerprint density at radius 2 is 1.92 bits per heavy atom. The van der Waals surface area contributed by atoms with Crippen LogP contribution in [0.15, 0.2) is 65.6 Å². The Hall–Kier alpha value is -3.82. The number of anilines is 1. The lowest BCUT2D eigenvalue weighted by atomic mass is 10.1. The van der Waals surface area contributed by atoms with E-state index in [9.17, 15) is 18.8 Å². The minimum absolute atomic E-state index is 0.158. The van der Waals surface area contributed by atoms with E-state index in [2.05, 4.69) is 5.32 Å². The van der Waals surface area contributed by atoms with Gasteiger partial charge in [-0.15, -0.1) is 0 Å². The van der Waals surface area contributed by atoms with Crippen molar-refractivity contribution in [3.8, 4) is 11.5 Å². The average Bonchev–Trinajstić information content (AvgIpc) is 3.12. The number of carbonyl (C=O) groups is 3. The number of methoxy groups -OCH3 is 1. The number of nitrogens with zero attached hydrogens (tertiary/aromatic N) is 1. The maximum Gasteiger partial charge on any atom is 0.294 e. The van der Waals surface area contributed by atoms with Gasteiger partial charge in [-0.3, -0.25) is 19.3 Å². The number of hydrogen-bond donors (Lipinski definition) is 1. The highest BCUT2D eigenvalue weighted by molar-refractivity contribution is 8.18. The Bertz CT molecular complexity index is 1410. The molecule has 1 fully saturated rings. The van der Waals surface area contributed by atoms with Gasteiger partial charge in [0.25, 0.3) is 11.1 Å². The summed E-state index contributed by atoms with van der Waals surface area (Å²) in [5, 5.41) is 1.76. The van der Waals surface area contributed by atoms with E-state index in [1.807, 2.05) is 31.2 Å². The molecular formula is C27H22ClFN2O5S. The molecule has 1 heterocycles. The predicted octanol–water partition coefficient (Wildman–Crippen LogP) is 6.05. The molecule has 37 heavy (non-hydrogen) atoms. The molecule has 1 aliphatic heterocycles. The third-order valence-corrected chi connectivity index (χ3v) is 6.54. The number of carbonyl (C=O) groups excluding carboxylic acids is 3. The molecule has 0 unspecified atom stereocenters. The molecule has 0 saturated carbocycles. The van der Waals surface area contributed by atoms with Crippen molar-refractivity contribution in [1.82, 2.24) is 4.90 Å². The van der Waals surface area contributed by atoms with Gasteiger partial charge in [0.2, 0.25) is 5.91 Å². The van der Waals surface area contributed by atoms with Crippen LogP contribution in [0.4, 0.5) is 14.9 Å². The number of aryl methyl sites for hydroxylation is 1. The van der Waals surface area contributed by atoms with Gasteiger partial charge in [0.05, 0.1) is 17.0 Å². The molecule has 0 radical (unpaired) electrons. The molecular weight excluding hydrogens is 519 g/mol. The monoisotopic (exact) mass is 540 g/mol. The molecule has 190 valence electrons. The molecule has 3 amide bonds. The topological polar surface area (TPSA) is 84.9 Å². The smallest absolute Gasteiger partial charge is 0.294 e. The van der Waals surface area contributed by atoms with E-state index < -0.39 is 29.4 Å². The SMILES string of the molecule is COc1cc(/C=C2\SC(=O)N(CC(=O)Nc3ccc(F)c(Cl)c3)C2=O)ccc1OCc1cccc(C)c1. The zero-order valence-electron chi connectivity index (χ0n) is 19.9. The van der Waals surface area contributed by atoms with Crippen molar-refractivity contribution >= 4 is 52.2 Å². The molecule has 7 nitrogen and oxygen atoms in total. The maximum atomic E-state index is 13.3. The first-order chi connectivity index (χ1) is 17.7. The highest BCUT2D eigenvalue weighted by Crippen LogP contribution is 2.35. The minimum Gasteiger partial charge on any atom is -0.493 e. The van der Waals surface area contributed by atoms with Crippen LogP contribution in [0.2, 0.25) is 5.02 Å². The van der Waals surface area contributed by atoms with Crippen LogP contribution in [0, 0.1) is 12.7 Å². The predicted molar refractivity (Wildman–Crippen MR) is 141 cm³/mol. The molecule has 1 aliphatic rings. The maximum absolute atomic E-state index is 13.3. The van der Waals surface area contributed by atoms with Crippen molar-refractivity contribution < 1.29 is 28.2 Å². The van der Waals surface area contributed by atoms with Crippen LogP contribution < -0.4 is 14.8 Å². The van der Waals surface area contributed by atoms with Crippen LogP contribution in [0.3, 0.4) is 0 Å². The first kappa shape index (κ1) is 26.2. The lowest BCUT2D eigenvalue weighted by Gasteiger charge is -2.13. The Balaban J connectivity index is 1.42. The van der Waals surface area contributed by atoms with Crippen LogP contribution in [-0.4, -0.2) is 35.6 Å². The molecule has 0 aliphatic carbocycles. The van der Waals surface area contributed by atoms with E-state index in [1.54, 1.807) is 24.3 Å². The van der Waals surface area contributed by atoms with Gasteiger partial charge in [-0.2, -0.15) is 0 Å². The van der Waals surface area contributed by atoms with E-state index in [0.717, 1.165) is 33.9 Å². The zero-order valence-corrected chi connectivity index (χ0v) is 21.5. The lowest BCUT2D eigenvalue weighted by Crippen LogP contribution is -2.36. The minimum atomic E-state index is -0.627. The van der Waals surface area contributed by atoms with Gasteiger partial charge in [0.1, 0.15) is 19.0 Å². The standard InChI is InChI=1S/C27H22ClFN2O5S/c1-16-4-3-5-18(10-16)15-36-22-9-6-17(11-23(22)35-2)12-24-26(33)31(27(34)37-24)14-25(32)30-19-7-8-21(29)20(28)13-19/h3-13H,14-15H2,1-2H3,(H,30,32)/b24-12-. The van der Waals surface area contributed by atoms with Crippen LogP contribution >= 0.6 is 23.4 Å². The fraction of sp³-hybridized carbons (Fsp3) is 0.148. The number of thioether (sulfide) groups is 1. The van der Waals surface area contributed by atoms with E-state index >= 15 is 0 Å². The van der Waals surface area contributed by atoms with Crippen molar-refractivity contribution in [1.29, 1.82) is 0 Å². The molecule has 3 aromatic carbocycles. The number of rotatable bonds is 8. The molecule has 4 rings (SSSR count). The molecule has 10 heteroatoms. The van der Waals surface area contributed by atoms with Crippen LogP contribution in [0.5, 0.6) is 11.5 Å². The van der Waals surface area contributed by atoms with Gasteiger partial charge in [-0.25, -0.2) is 4.39 Å². The molecule has 1 N–H and O–H groups in total. The second-order valence-corrected chi connectivity index (χ2v) is 9.53. The number of ether oxygens (including phenoxy) is 2. The summed E-state index contributed by atoms with van der Waals surface area (Å²) < 4.78 is 24.7. The molecule has 0 spiro atoms. The number of halogens is 2. The van der Waals surface area contributed by atoms with Crippen LogP contribution in [0.25, 0.3) is 6.08 Å². The number of imide groups is 1. The second-order valence-electron chi connectivity index (χ2n) is 8.13. The lowest BCUT2D eigenvalue weighted by molar-refractivity contribution is -0.127. The fourth-order valence-corrected chi connectivity index (χ4v) is 4.58. The normalized spacial score (nSPS) is 14.3. The Morgan fingerprint density at radius 3 is 2.65 bits per heavy atom. The first-order valence-electron chi connectivity index (χ1n) is 11.1. The van der Waals surface area contributed by atoms with Gasteiger partial charge >= 0.3 is 0 Å². The van der Waals surface area contributed by atoms with Crippen LogP contribution in [0.1, 0.15) is 16.7 Å². The number of benzene rings is 3. The van der Waals surface area contributed by atoms with E-state index in [4.69, 9.17) is 21.1 Å². The average molecular weight is 541 g/mol. The van der Waals surface area contributed by atoms with Crippen molar-refractivity contribution in [3.05, 3.63) is 93.1 Å². The quantitative estimate of drug-likeness (QED) is 0.350. The summed E-state index contributed by atoms with van der Waals surface area (Å²) in [6.07, 6.45) is 1.55. The summed E-state index contributed by atoms with van der Waals surface area (Å²) in [7, 11) is 1.51. The Kier molecular flexibility index (Phi) is 8.15. The summed E-state index contributed by atoms with van der Waals surface area (Å²) in [6, 6.07) is 16.8. The van der Waals surface area contributed by atoms with Crippen molar-refractivity contribution in [2.24, 2.45) is 0 Å². The van der Waals surface area contributed by atoms with Gasteiger partial charge in [-0.1, -0.05) is 47.5 Å². The molecule has 0 aromatic heterocycles.